The summed E-state index contributed by atoms with van der Waals surface area (Å²) in [5.41, 5.74) is 1.08. The van der Waals surface area contributed by atoms with E-state index in [-0.39, 0.29) is 17.2 Å². The molecule has 142 valence electrons. The number of hydrogen-bond donors (Lipinski definition) is 0. The fourth-order valence-corrected chi connectivity index (χ4v) is 5.25. The number of halogens is 2. The molecule has 0 aliphatic heterocycles. The molecule has 2 fully saturated rings. The normalized spacial score (nSPS) is 28.4. The van der Waals surface area contributed by atoms with Gasteiger partial charge in [0.15, 0.2) is 0 Å². The van der Waals surface area contributed by atoms with Gasteiger partial charge >= 0.3 is 0 Å². The van der Waals surface area contributed by atoms with Crippen LogP contribution < -0.4 is 0 Å². The Morgan fingerprint density at radius 3 is 2.23 bits per heavy atom. The molecular weight excluding hydrogens is 326 g/mol. The first kappa shape index (κ1) is 19.3. The molecule has 0 heterocycles. The van der Waals surface area contributed by atoms with Crippen LogP contribution in [0, 0.1) is 29.4 Å². The molecule has 2 heteroatoms. The molecule has 0 spiro atoms. The van der Waals surface area contributed by atoms with Gasteiger partial charge in [-0.1, -0.05) is 18.6 Å². The summed E-state index contributed by atoms with van der Waals surface area (Å²) in [6.45, 7) is 7.48. The Morgan fingerprint density at radius 1 is 0.885 bits per heavy atom. The van der Waals surface area contributed by atoms with E-state index in [1.54, 1.807) is 18.2 Å². The van der Waals surface area contributed by atoms with Crippen LogP contribution in [0.3, 0.4) is 0 Å². The van der Waals surface area contributed by atoms with Gasteiger partial charge in [-0.15, -0.1) is 13.2 Å². The van der Waals surface area contributed by atoms with Crippen LogP contribution in [0.5, 0.6) is 0 Å². The molecule has 2 saturated carbocycles. The van der Waals surface area contributed by atoms with Crippen LogP contribution >= 0.6 is 0 Å². The maximum Gasteiger partial charge on any atom is 0.129 e. The van der Waals surface area contributed by atoms with Gasteiger partial charge in [-0.3, -0.25) is 0 Å². The molecule has 3 rings (SSSR count). The third-order valence-corrected chi connectivity index (χ3v) is 6.73. The summed E-state index contributed by atoms with van der Waals surface area (Å²) in [5.74, 6) is 1.97. The summed E-state index contributed by atoms with van der Waals surface area (Å²) in [6.07, 6.45) is 14.5. The SMILES string of the molecule is C=CCCc1c(F)cc(C2CCC3CC(CCC=C)CCC3C2)cc1F. The molecule has 0 aromatic heterocycles. The van der Waals surface area contributed by atoms with Gasteiger partial charge in [0.2, 0.25) is 0 Å². The zero-order valence-corrected chi connectivity index (χ0v) is 15.9. The number of allylic oxidation sites excluding steroid dienone is 2. The lowest BCUT2D eigenvalue weighted by Crippen LogP contribution is -2.30. The number of fused-ring (bicyclic) bond motifs is 1. The molecule has 1 aromatic rings. The van der Waals surface area contributed by atoms with Gasteiger partial charge < -0.3 is 0 Å². The first-order valence-electron chi connectivity index (χ1n) is 10.3. The highest BCUT2D eigenvalue weighted by molar-refractivity contribution is 5.29. The van der Waals surface area contributed by atoms with Gasteiger partial charge in [0.1, 0.15) is 11.6 Å². The first-order chi connectivity index (χ1) is 12.6. The highest BCUT2D eigenvalue weighted by Gasteiger charge is 2.36. The summed E-state index contributed by atoms with van der Waals surface area (Å²) >= 11 is 0. The molecule has 2 aliphatic rings. The molecule has 0 nitrogen and oxygen atoms in total. The van der Waals surface area contributed by atoms with Crippen molar-refractivity contribution in [3.8, 4) is 0 Å². The molecule has 2 aliphatic carbocycles. The van der Waals surface area contributed by atoms with E-state index < -0.39 is 0 Å². The van der Waals surface area contributed by atoms with Gasteiger partial charge in [0.25, 0.3) is 0 Å². The third kappa shape index (κ3) is 4.45. The Bertz CT molecular complexity index is 610. The monoisotopic (exact) mass is 358 g/mol. The second-order valence-electron chi connectivity index (χ2n) is 8.37. The van der Waals surface area contributed by atoms with Crippen LogP contribution in [0.1, 0.15) is 74.8 Å². The van der Waals surface area contributed by atoms with Crippen LogP contribution in [0.15, 0.2) is 37.4 Å². The molecule has 0 bridgehead atoms. The maximum atomic E-state index is 14.4. The molecule has 4 atom stereocenters. The molecule has 26 heavy (non-hydrogen) atoms. The molecule has 0 saturated heterocycles. The quantitative estimate of drug-likeness (QED) is 0.447. The molecule has 1 aromatic carbocycles. The number of hydrogen-bond acceptors (Lipinski definition) is 0. The summed E-state index contributed by atoms with van der Waals surface area (Å²) < 4.78 is 28.8. The fraction of sp³-hybridized carbons (Fsp3) is 0.583. The molecule has 0 N–H and O–H groups in total. The van der Waals surface area contributed by atoms with Gasteiger partial charge in [0.05, 0.1) is 0 Å². The van der Waals surface area contributed by atoms with Crippen molar-refractivity contribution in [2.75, 3.05) is 0 Å². The van der Waals surface area contributed by atoms with Crippen molar-refractivity contribution in [1.82, 2.24) is 0 Å². The lowest BCUT2D eigenvalue weighted by Gasteiger charge is -2.42. The minimum Gasteiger partial charge on any atom is -0.207 e. The van der Waals surface area contributed by atoms with Crippen molar-refractivity contribution in [2.24, 2.45) is 17.8 Å². The first-order valence-corrected chi connectivity index (χ1v) is 10.3. The standard InChI is InChI=1S/C24H32F2/c1-3-5-7-17-9-10-19-14-20(12-11-18(19)13-17)21-15-23(25)22(8-6-4-2)24(26)16-21/h3-4,15-20H,1-2,5-14H2. The lowest BCUT2D eigenvalue weighted by atomic mass is 9.63. The van der Waals surface area contributed by atoms with Gasteiger partial charge in [0, 0.05) is 5.56 Å². The third-order valence-electron chi connectivity index (χ3n) is 6.73. The van der Waals surface area contributed by atoms with Crippen molar-refractivity contribution in [3.05, 3.63) is 60.2 Å². The van der Waals surface area contributed by atoms with E-state index in [0.717, 1.165) is 42.6 Å². The zero-order valence-electron chi connectivity index (χ0n) is 15.9. The average Bonchev–Trinajstić information content (AvgIpc) is 2.65. The topological polar surface area (TPSA) is 0 Å². The Morgan fingerprint density at radius 2 is 1.54 bits per heavy atom. The molecule has 4 unspecified atom stereocenters. The minimum atomic E-state index is -0.378. The van der Waals surface area contributed by atoms with E-state index in [4.69, 9.17) is 0 Å². The van der Waals surface area contributed by atoms with E-state index in [1.165, 1.54) is 32.1 Å². The fourth-order valence-electron chi connectivity index (χ4n) is 5.25. The Balaban J connectivity index is 1.64. The molecule has 0 radical (unpaired) electrons. The highest BCUT2D eigenvalue weighted by Crippen LogP contribution is 2.48. The van der Waals surface area contributed by atoms with E-state index in [0.29, 0.717) is 18.8 Å². The molecule has 0 amide bonds. The van der Waals surface area contributed by atoms with Crippen LogP contribution in [0.25, 0.3) is 0 Å². The zero-order chi connectivity index (χ0) is 18.5. The second kappa shape index (κ2) is 8.97. The summed E-state index contributed by atoms with van der Waals surface area (Å²) in [4.78, 5) is 0. The van der Waals surface area contributed by atoms with Gasteiger partial charge in [-0.2, -0.15) is 0 Å². The predicted molar refractivity (Wildman–Crippen MR) is 105 cm³/mol. The van der Waals surface area contributed by atoms with Crippen molar-refractivity contribution < 1.29 is 8.78 Å². The summed E-state index contributed by atoms with van der Waals surface area (Å²) in [5, 5.41) is 0. The largest absolute Gasteiger partial charge is 0.207 e. The van der Waals surface area contributed by atoms with Crippen LogP contribution in [-0.4, -0.2) is 0 Å². The Labute approximate surface area is 157 Å². The lowest BCUT2D eigenvalue weighted by molar-refractivity contribution is 0.115. The summed E-state index contributed by atoms with van der Waals surface area (Å²) in [7, 11) is 0. The van der Waals surface area contributed by atoms with Crippen LogP contribution in [0.2, 0.25) is 0 Å². The van der Waals surface area contributed by atoms with Crippen molar-refractivity contribution in [1.29, 1.82) is 0 Å². The van der Waals surface area contributed by atoms with Crippen molar-refractivity contribution >= 4 is 0 Å². The number of rotatable bonds is 7. The van der Waals surface area contributed by atoms with Gasteiger partial charge in [-0.25, -0.2) is 8.78 Å². The van der Waals surface area contributed by atoms with Gasteiger partial charge in [-0.05, 0) is 99.2 Å². The van der Waals surface area contributed by atoms with Crippen molar-refractivity contribution in [2.45, 2.75) is 70.1 Å². The van der Waals surface area contributed by atoms with Crippen molar-refractivity contribution in [3.63, 3.8) is 0 Å². The van der Waals surface area contributed by atoms with E-state index in [1.807, 2.05) is 6.08 Å². The molecular formula is C24H32F2. The minimum absolute atomic E-state index is 0.213. The maximum absolute atomic E-state index is 14.4. The smallest absolute Gasteiger partial charge is 0.129 e. The Hall–Kier alpha value is -1.44. The average molecular weight is 359 g/mol. The highest BCUT2D eigenvalue weighted by atomic mass is 19.1. The van der Waals surface area contributed by atoms with E-state index >= 15 is 0 Å². The second-order valence-corrected chi connectivity index (χ2v) is 8.37. The summed E-state index contributed by atoms with van der Waals surface area (Å²) in [6, 6.07) is 3.20. The Kier molecular flexibility index (Phi) is 6.67. The van der Waals surface area contributed by atoms with Crippen LogP contribution in [0.4, 0.5) is 8.78 Å². The predicted octanol–water partition coefficient (Wildman–Crippen LogP) is 7.35. The van der Waals surface area contributed by atoms with E-state index in [2.05, 4.69) is 13.2 Å². The van der Waals surface area contributed by atoms with E-state index in [9.17, 15) is 8.78 Å². The number of benzene rings is 1. The van der Waals surface area contributed by atoms with Crippen LogP contribution in [-0.2, 0) is 6.42 Å².